The number of carbonyl (C=O) groups excluding carboxylic acids is 1. The zero-order chi connectivity index (χ0) is 15.2. The summed E-state index contributed by atoms with van der Waals surface area (Å²) in [5, 5.41) is 0. The Balaban J connectivity index is 2.16. The Morgan fingerprint density at radius 2 is 1.67 bits per heavy atom. The van der Waals surface area contributed by atoms with Crippen LogP contribution in [0.2, 0.25) is 0 Å². The fourth-order valence-corrected chi connectivity index (χ4v) is 3.62. The number of Topliss-reactive ketones (excluding diaryl/α,β-unsaturated/α-hetero) is 1. The lowest BCUT2D eigenvalue weighted by atomic mass is 9.81. The number of fused-ring (bicyclic) bond motifs is 3. The molecule has 0 saturated heterocycles. The fraction of sp³-hybridized carbons (Fsp3) is 0.316. The van der Waals surface area contributed by atoms with Crippen molar-refractivity contribution in [1.29, 1.82) is 0 Å². The van der Waals surface area contributed by atoms with Crippen LogP contribution in [0.4, 0.5) is 0 Å². The summed E-state index contributed by atoms with van der Waals surface area (Å²) >= 11 is 3.57. The average Bonchev–Trinajstić information content (AvgIpc) is 2.67. The first-order valence-corrected chi connectivity index (χ1v) is 8.22. The Hall–Kier alpha value is -1.41. The number of rotatable bonds is 3. The van der Waals surface area contributed by atoms with Crippen LogP contribution in [0.15, 0.2) is 40.9 Å². The molecule has 1 aliphatic rings. The minimum absolute atomic E-state index is 0.0586. The molecule has 0 radical (unpaired) electrons. The van der Waals surface area contributed by atoms with Crippen molar-refractivity contribution in [2.24, 2.45) is 0 Å². The van der Waals surface area contributed by atoms with Crippen molar-refractivity contribution in [3.8, 4) is 11.1 Å². The van der Waals surface area contributed by atoms with Gasteiger partial charge in [-0.05, 0) is 46.9 Å². The summed E-state index contributed by atoms with van der Waals surface area (Å²) in [5.41, 5.74) is 5.92. The Labute approximate surface area is 134 Å². The first-order chi connectivity index (χ1) is 9.95. The standard InChI is InChI=1S/C19H19BrO/c1-4-5-18(21)12-6-8-14-15-9-7-13(20)11-17(15)19(2,3)16(14)10-12/h6-11H,4-5H2,1-3H3. The smallest absolute Gasteiger partial charge is 0.162 e. The van der Waals surface area contributed by atoms with E-state index in [9.17, 15) is 4.79 Å². The number of benzene rings is 2. The fourth-order valence-electron chi connectivity index (χ4n) is 3.25. The maximum atomic E-state index is 12.2. The molecule has 0 atom stereocenters. The summed E-state index contributed by atoms with van der Waals surface area (Å²) in [6.45, 7) is 6.51. The summed E-state index contributed by atoms with van der Waals surface area (Å²) in [4.78, 5) is 12.2. The van der Waals surface area contributed by atoms with Gasteiger partial charge in [-0.1, -0.05) is 54.9 Å². The molecule has 0 saturated carbocycles. The molecule has 0 amide bonds. The van der Waals surface area contributed by atoms with Crippen molar-refractivity contribution >= 4 is 21.7 Å². The molecule has 0 heterocycles. The summed E-state index contributed by atoms with van der Waals surface area (Å²) in [6.07, 6.45) is 1.52. The van der Waals surface area contributed by atoms with Crippen molar-refractivity contribution < 1.29 is 4.79 Å². The molecule has 108 valence electrons. The number of hydrogen-bond donors (Lipinski definition) is 0. The second-order valence-electron chi connectivity index (χ2n) is 6.25. The highest BCUT2D eigenvalue weighted by Crippen LogP contribution is 2.49. The van der Waals surface area contributed by atoms with Crippen molar-refractivity contribution in [1.82, 2.24) is 0 Å². The molecule has 1 aliphatic carbocycles. The minimum Gasteiger partial charge on any atom is -0.294 e. The highest BCUT2D eigenvalue weighted by atomic mass is 79.9. The molecular formula is C19H19BrO. The highest BCUT2D eigenvalue weighted by molar-refractivity contribution is 9.10. The maximum Gasteiger partial charge on any atom is 0.162 e. The van der Waals surface area contributed by atoms with Gasteiger partial charge >= 0.3 is 0 Å². The number of carbonyl (C=O) groups is 1. The van der Waals surface area contributed by atoms with Crippen LogP contribution in [0.5, 0.6) is 0 Å². The van der Waals surface area contributed by atoms with E-state index >= 15 is 0 Å². The molecule has 0 N–H and O–H groups in total. The second-order valence-corrected chi connectivity index (χ2v) is 7.16. The Morgan fingerprint density at radius 1 is 1.05 bits per heavy atom. The number of hydrogen-bond acceptors (Lipinski definition) is 1. The van der Waals surface area contributed by atoms with Crippen molar-refractivity contribution in [3.63, 3.8) is 0 Å². The monoisotopic (exact) mass is 342 g/mol. The van der Waals surface area contributed by atoms with E-state index < -0.39 is 0 Å². The third kappa shape index (κ3) is 2.26. The van der Waals surface area contributed by atoms with Gasteiger partial charge in [0.15, 0.2) is 5.78 Å². The lowest BCUT2D eigenvalue weighted by Crippen LogP contribution is -2.15. The van der Waals surface area contributed by atoms with E-state index in [2.05, 4.69) is 60.1 Å². The molecule has 1 nitrogen and oxygen atoms in total. The third-order valence-electron chi connectivity index (χ3n) is 4.44. The summed E-state index contributed by atoms with van der Waals surface area (Å²) in [5.74, 6) is 0.244. The zero-order valence-electron chi connectivity index (χ0n) is 12.7. The van der Waals surface area contributed by atoms with Gasteiger partial charge in [0.25, 0.3) is 0 Å². The van der Waals surface area contributed by atoms with Gasteiger partial charge in [-0.25, -0.2) is 0 Å². The molecule has 2 aromatic carbocycles. The first kappa shape index (κ1) is 14.5. The topological polar surface area (TPSA) is 17.1 Å². The van der Waals surface area contributed by atoms with Gasteiger partial charge in [-0.15, -0.1) is 0 Å². The molecule has 0 unspecified atom stereocenters. The largest absolute Gasteiger partial charge is 0.294 e. The average molecular weight is 343 g/mol. The third-order valence-corrected chi connectivity index (χ3v) is 4.93. The van der Waals surface area contributed by atoms with E-state index in [1.807, 2.05) is 13.0 Å². The summed E-state index contributed by atoms with van der Waals surface area (Å²) in [6, 6.07) is 12.6. The van der Waals surface area contributed by atoms with Crippen LogP contribution < -0.4 is 0 Å². The molecular weight excluding hydrogens is 324 g/mol. The Bertz CT molecular complexity index is 728. The molecule has 2 aromatic rings. The van der Waals surface area contributed by atoms with Gasteiger partial charge in [0.1, 0.15) is 0 Å². The normalized spacial score (nSPS) is 14.7. The predicted molar refractivity (Wildman–Crippen MR) is 90.9 cm³/mol. The molecule has 0 aliphatic heterocycles. The van der Waals surface area contributed by atoms with E-state index in [1.165, 1.54) is 22.3 Å². The van der Waals surface area contributed by atoms with Crippen LogP contribution in [-0.2, 0) is 5.41 Å². The molecule has 0 aromatic heterocycles. The molecule has 21 heavy (non-hydrogen) atoms. The van der Waals surface area contributed by atoms with E-state index in [-0.39, 0.29) is 11.2 Å². The van der Waals surface area contributed by atoms with Gasteiger partial charge in [0.05, 0.1) is 0 Å². The van der Waals surface area contributed by atoms with E-state index in [0.29, 0.717) is 6.42 Å². The lowest BCUT2D eigenvalue weighted by molar-refractivity contribution is 0.0981. The van der Waals surface area contributed by atoms with E-state index in [0.717, 1.165) is 16.5 Å². The number of ketones is 1. The molecule has 2 heteroatoms. The molecule has 0 bridgehead atoms. The van der Waals surface area contributed by atoms with Crippen LogP contribution in [0.3, 0.4) is 0 Å². The van der Waals surface area contributed by atoms with Crippen LogP contribution in [-0.4, -0.2) is 5.78 Å². The van der Waals surface area contributed by atoms with Crippen molar-refractivity contribution in [2.75, 3.05) is 0 Å². The molecule has 3 rings (SSSR count). The predicted octanol–water partition coefficient (Wildman–Crippen LogP) is 5.74. The molecule has 0 spiro atoms. The lowest BCUT2D eigenvalue weighted by Gasteiger charge is -2.22. The van der Waals surface area contributed by atoms with Gasteiger partial charge in [-0.3, -0.25) is 4.79 Å². The van der Waals surface area contributed by atoms with Gasteiger partial charge in [-0.2, -0.15) is 0 Å². The van der Waals surface area contributed by atoms with Crippen LogP contribution in [0, 0.1) is 0 Å². The van der Waals surface area contributed by atoms with Crippen molar-refractivity contribution in [3.05, 3.63) is 57.6 Å². The van der Waals surface area contributed by atoms with Crippen molar-refractivity contribution in [2.45, 2.75) is 39.0 Å². The van der Waals surface area contributed by atoms with E-state index in [4.69, 9.17) is 0 Å². The van der Waals surface area contributed by atoms with Crippen LogP contribution in [0.1, 0.15) is 55.1 Å². The second kappa shape index (κ2) is 5.10. The minimum atomic E-state index is -0.0586. The van der Waals surface area contributed by atoms with Crippen LogP contribution >= 0.6 is 15.9 Å². The maximum absolute atomic E-state index is 12.2. The quantitative estimate of drug-likeness (QED) is 0.650. The van der Waals surface area contributed by atoms with Gasteiger partial charge in [0.2, 0.25) is 0 Å². The van der Waals surface area contributed by atoms with E-state index in [1.54, 1.807) is 0 Å². The van der Waals surface area contributed by atoms with Gasteiger partial charge < -0.3 is 0 Å². The first-order valence-electron chi connectivity index (χ1n) is 7.43. The zero-order valence-corrected chi connectivity index (χ0v) is 14.3. The summed E-state index contributed by atoms with van der Waals surface area (Å²) < 4.78 is 1.10. The number of halogens is 1. The highest BCUT2D eigenvalue weighted by Gasteiger charge is 2.35. The Morgan fingerprint density at radius 3 is 2.33 bits per heavy atom. The Kier molecular flexibility index (Phi) is 3.53. The summed E-state index contributed by atoms with van der Waals surface area (Å²) in [7, 11) is 0. The SMILES string of the molecule is CCCC(=O)c1ccc2c(c1)C(C)(C)c1cc(Br)ccc1-2. The van der Waals surface area contributed by atoms with Crippen LogP contribution in [0.25, 0.3) is 11.1 Å². The van der Waals surface area contributed by atoms with Gasteiger partial charge in [0, 0.05) is 21.9 Å². The molecule has 0 fully saturated rings.